The SMILES string of the molecule is CCN(C)CC1CCN(C(=O)CCC2CCNCC2)C1.Cl.Cl. The Morgan fingerprint density at radius 3 is 2.50 bits per heavy atom. The summed E-state index contributed by atoms with van der Waals surface area (Å²) < 4.78 is 0. The molecule has 22 heavy (non-hydrogen) atoms. The lowest BCUT2D eigenvalue weighted by Gasteiger charge is -2.24. The fraction of sp³-hybridized carbons (Fsp3) is 0.938. The van der Waals surface area contributed by atoms with Crippen LogP contribution in [0, 0.1) is 11.8 Å². The van der Waals surface area contributed by atoms with Crippen LogP contribution in [0.5, 0.6) is 0 Å². The third-order valence-corrected chi connectivity index (χ3v) is 4.97. The number of rotatable bonds is 6. The Hall–Kier alpha value is -0.0300. The van der Waals surface area contributed by atoms with Gasteiger partial charge in [0.15, 0.2) is 0 Å². The van der Waals surface area contributed by atoms with Crippen molar-refractivity contribution in [3.05, 3.63) is 0 Å². The number of piperidine rings is 1. The lowest BCUT2D eigenvalue weighted by atomic mass is 9.93. The maximum Gasteiger partial charge on any atom is 0.222 e. The molecule has 2 heterocycles. The number of hydrogen-bond donors (Lipinski definition) is 1. The van der Waals surface area contributed by atoms with Crippen LogP contribution >= 0.6 is 24.8 Å². The summed E-state index contributed by atoms with van der Waals surface area (Å²) in [5.74, 6) is 1.85. The molecule has 0 saturated carbocycles. The van der Waals surface area contributed by atoms with E-state index in [0.29, 0.717) is 11.8 Å². The maximum atomic E-state index is 12.3. The van der Waals surface area contributed by atoms with Gasteiger partial charge in [-0.15, -0.1) is 24.8 Å². The molecule has 1 N–H and O–H groups in total. The molecular weight excluding hydrogens is 321 g/mol. The molecule has 2 saturated heterocycles. The summed E-state index contributed by atoms with van der Waals surface area (Å²) in [6.07, 6.45) is 5.54. The molecule has 2 aliphatic rings. The van der Waals surface area contributed by atoms with Gasteiger partial charge in [0.05, 0.1) is 0 Å². The smallest absolute Gasteiger partial charge is 0.222 e. The van der Waals surface area contributed by atoms with Crippen molar-refractivity contribution in [1.29, 1.82) is 0 Å². The average Bonchev–Trinajstić information content (AvgIpc) is 2.94. The van der Waals surface area contributed by atoms with Gasteiger partial charge in [-0.3, -0.25) is 4.79 Å². The van der Waals surface area contributed by atoms with E-state index in [1.807, 2.05) is 0 Å². The van der Waals surface area contributed by atoms with E-state index in [4.69, 9.17) is 0 Å². The first kappa shape index (κ1) is 22.0. The molecule has 1 unspecified atom stereocenters. The Kier molecular flexibility index (Phi) is 11.5. The summed E-state index contributed by atoms with van der Waals surface area (Å²) in [5, 5.41) is 3.39. The van der Waals surface area contributed by atoms with E-state index >= 15 is 0 Å². The van der Waals surface area contributed by atoms with Crippen molar-refractivity contribution in [2.75, 3.05) is 46.3 Å². The molecule has 2 rings (SSSR count). The fourth-order valence-corrected chi connectivity index (χ4v) is 3.43. The van der Waals surface area contributed by atoms with Gasteiger partial charge in [-0.2, -0.15) is 0 Å². The molecule has 0 aliphatic carbocycles. The van der Waals surface area contributed by atoms with Crippen LogP contribution in [0.2, 0.25) is 0 Å². The van der Waals surface area contributed by atoms with Crippen LogP contribution in [0.15, 0.2) is 0 Å². The number of halogens is 2. The van der Waals surface area contributed by atoms with E-state index in [-0.39, 0.29) is 24.8 Å². The highest BCUT2D eigenvalue weighted by molar-refractivity contribution is 5.85. The van der Waals surface area contributed by atoms with Crippen molar-refractivity contribution in [1.82, 2.24) is 15.1 Å². The van der Waals surface area contributed by atoms with Gasteiger partial charge in [0.25, 0.3) is 0 Å². The standard InChI is InChI=1S/C16H31N3O.2ClH/c1-3-18(2)12-15-8-11-19(13-15)16(20)5-4-14-6-9-17-10-7-14;;/h14-15,17H,3-13H2,1-2H3;2*1H. The highest BCUT2D eigenvalue weighted by Gasteiger charge is 2.27. The van der Waals surface area contributed by atoms with E-state index in [9.17, 15) is 4.79 Å². The first-order valence-electron chi connectivity index (χ1n) is 8.36. The van der Waals surface area contributed by atoms with E-state index in [2.05, 4.69) is 29.1 Å². The largest absolute Gasteiger partial charge is 0.342 e. The number of carbonyl (C=O) groups is 1. The number of amides is 1. The summed E-state index contributed by atoms with van der Waals surface area (Å²) >= 11 is 0. The third-order valence-electron chi connectivity index (χ3n) is 4.97. The predicted molar refractivity (Wildman–Crippen MR) is 97.2 cm³/mol. The summed E-state index contributed by atoms with van der Waals surface area (Å²) in [5.41, 5.74) is 0. The predicted octanol–water partition coefficient (Wildman–Crippen LogP) is 2.41. The van der Waals surface area contributed by atoms with Crippen LogP contribution in [-0.4, -0.2) is 62.0 Å². The molecule has 1 amide bonds. The number of nitrogens with zero attached hydrogens (tertiary/aromatic N) is 2. The fourth-order valence-electron chi connectivity index (χ4n) is 3.43. The summed E-state index contributed by atoms with van der Waals surface area (Å²) in [6.45, 7) is 8.65. The van der Waals surface area contributed by atoms with Crippen LogP contribution in [0.25, 0.3) is 0 Å². The van der Waals surface area contributed by atoms with Gasteiger partial charge >= 0.3 is 0 Å². The second kappa shape index (κ2) is 11.5. The zero-order valence-corrected chi connectivity index (χ0v) is 15.7. The van der Waals surface area contributed by atoms with Crippen molar-refractivity contribution in [2.45, 2.75) is 39.0 Å². The molecule has 0 bridgehead atoms. The van der Waals surface area contributed by atoms with Gasteiger partial charge in [0, 0.05) is 26.1 Å². The van der Waals surface area contributed by atoms with E-state index in [1.54, 1.807) is 0 Å². The molecule has 0 aromatic carbocycles. The number of nitrogens with one attached hydrogen (secondary N) is 1. The monoisotopic (exact) mass is 353 g/mol. The van der Waals surface area contributed by atoms with Crippen LogP contribution in [-0.2, 0) is 4.79 Å². The van der Waals surface area contributed by atoms with Crippen molar-refractivity contribution in [2.24, 2.45) is 11.8 Å². The number of hydrogen-bond acceptors (Lipinski definition) is 3. The van der Waals surface area contributed by atoms with Gasteiger partial charge in [-0.25, -0.2) is 0 Å². The van der Waals surface area contributed by atoms with E-state index < -0.39 is 0 Å². The summed E-state index contributed by atoms with van der Waals surface area (Å²) in [7, 11) is 2.17. The Bertz CT molecular complexity index is 312. The molecule has 6 heteroatoms. The molecule has 4 nitrogen and oxygen atoms in total. The molecular formula is C16H33Cl2N3O. The minimum atomic E-state index is 0. The normalized spacial score (nSPS) is 22.3. The van der Waals surface area contributed by atoms with Crippen molar-refractivity contribution in [3.63, 3.8) is 0 Å². The Balaban J connectivity index is 0.00000220. The van der Waals surface area contributed by atoms with E-state index in [0.717, 1.165) is 58.0 Å². The maximum absolute atomic E-state index is 12.3. The van der Waals surface area contributed by atoms with Crippen LogP contribution < -0.4 is 5.32 Å². The van der Waals surface area contributed by atoms with E-state index in [1.165, 1.54) is 19.3 Å². The molecule has 0 spiro atoms. The van der Waals surface area contributed by atoms with Gasteiger partial charge in [0.1, 0.15) is 0 Å². The van der Waals surface area contributed by atoms with Crippen molar-refractivity contribution >= 4 is 30.7 Å². The molecule has 2 aliphatic heterocycles. The van der Waals surface area contributed by atoms with Crippen molar-refractivity contribution in [3.8, 4) is 0 Å². The Labute approximate surface area is 148 Å². The zero-order chi connectivity index (χ0) is 14.4. The quantitative estimate of drug-likeness (QED) is 0.796. The van der Waals surface area contributed by atoms with Gasteiger partial charge in [-0.1, -0.05) is 6.92 Å². The van der Waals surface area contributed by atoms with Crippen LogP contribution in [0.4, 0.5) is 0 Å². The summed E-state index contributed by atoms with van der Waals surface area (Å²) in [4.78, 5) is 16.7. The lowest BCUT2D eigenvalue weighted by Crippen LogP contribution is -2.32. The third kappa shape index (κ3) is 7.03. The van der Waals surface area contributed by atoms with Gasteiger partial charge < -0.3 is 15.1 Å². The zero-order valence-electron chi connectivity index (χ0n) is 14.1. The molecule has 0 radical (unpaired) electrons. The minimum absolute atomic E-state index is 0. The van der Waals surface area contributed by atoms with Gasteiger partial charge in [0.2, 0.25) is 5.91 Å². The molecule has 132 valence electrons. The average molecular weight is 354 g/mol. The lowest BCUT2D eigenvalue weighted by molar-refractivity contribution is -0.130. The molecule has 0 aromatic heterocycles. The van der Waals surface area contributed by atoms with Crippen LogP contribution in [0.1, 0.15) is 39.0 Å². The summed E-state index contributed by atoms with van der Waals surface area (Å²) in [6, 6.07) is 0. The Morgan fingerprint density at radius 1 is 1.18 bits per heavy atom. The second-order valence-corrected chi connectivity index (χ2v) is 6.58. The van der Waals surface area contributed by atoms with Crippen molar-refractivity contribution < 1.29 is 4.79 Å². The Morgan fingerprint density at radius 2 is 1.86 bits per heavy atom. The topological polar surface area (TPSA) is 35.6 Å². The molecule has 0 aromatic rings. The van der Waals surface area contributed by atoms with Crippen LogP contribution in [0.3, 0.4) is 0 Å². The first-order chi connectivity index (χ1) is 9.69. The molecule has 1 atom stereocenters. The first-order valence-corrected chi connectivity index (χ1v) is 8.36. The molecule has 2 fully saturated rings. The highest BCUT2D eigenvalue weighted by Crippen LogP contribution is 2.21. The van der Waals surface area contributed by atoms with Gasteiger partial charge in [-0.05, 0) is 64.2 Å². The number of likely N-dealkylation sites (tertiary alicyclic amines) is 1. The number of carbonyl (C=O) groups excluding carboxylic acids is 1. The minimum Gasteiger partial charge on any atom is -0.342 e. The second-order valence-electron chi connectivity index (χ2n) is 6.58. The highest BCUT2D eigenvalue weighted by atomic mass is 35.5.